The SMILES string of the molecule is CCC(=O)N1CCN(C(=O)C2CCN(C3=NS(=O)(=O)c4ccccc43)CC2)CC1. The minimum absolute atomic E-state index is 0.0615. The fraction of sp³-hybridized carbons (Fsp3) is 0.550. The van der Waals surface area contributed by atoms with E-state index in [1.54, 1.807) is 18.2 Å². The maximum absolute atomic E-state index is 12.9. The average molecular weight is 419 g/mol. The molecule has 0 radical (unpaired) electrons. The molecule has 0 N–H and O–H groups in total. The molecule has 0 atom stereocenters. The van der Waals surface area contributed by atoms with Crippen LogP contribution in [0.15, 0.2) is 33.6 Å². The number of carbonyl (C=O) groups is 2. The first kappa shape index (κ1) is 19.9. The van der Waals surface area contributed by atoms with Crippen LogP contribution in [0.4, 0.5) is 0 Å². The van der Waals surface area contributed by atoms with Crippen LogP contribution in [0.1, 0.15) is 31.7 Å². The van der Waals surface area contributed by atoms with Crippen LogP contribution in [0.2, 0.25) is 0 Å². The highest BCUT2D eigenvalue weighted by Gasteiger charge is 2.36. The van der Waals surface area contributed by atoms with E-state index in [4.69, 9.17) is 0 Å². The molecule has 0 aliphatic carbocycles. The van der Waals surface area contributed by atoms with E-state index >= 15 is 0 Å². The number of amidine groups is 1. The van der Waals surface area contributed by atoms with Gasteiger partial charge in [0, 0.05) is 57.2 Å². The molecule has 8 nitrogen and oxygen atoms in total. The van der Waals surface area contributed by atoms with Crippen molar-refractivity contribution in [1.82, 2.24) is 14.7 Å². The fourth-order valence-corrected chi connectivity index (χ4v) is 5.54. The molecular weight excluding hydrogens is 392 g/mol. The third-order valence-electron chi connectivity index (χ3n) is 6.00. The molecule has 3 aliphatic heterocycles. The van der Waals surface area contributed by atoms with Crippen LogP contribution in [0.25, 0.3) is 0 Å². The quantitative estimate of drug-likeness (QED) is 0.713. The summed E-state index contributed by atoms with van der Waals surface area (Å²) in [6.45, 7) is 5.43. The minimum Gasteiger partial charge on any atom is -0.355 e. The molecule has 9 heteroatoms. The first-order valence-corrected chi connectivity index (χ1v) is 11.6. The number of hydrogen-bond donors (Lipinski definition) is 0. The Balaban J connectivity index is 1.36. The summed E-state index contributed by atoms with van der Waals surface area (Å²) in [5.74, 6) is 0.722. The van der Waals surface area contributed by atoms with Crippen molar-refractivity contribution in [2.45, 2.75) is 31.1 Å². The lowest BCUT2D eigenvalue weighted by Gasteiger charge is -2.39. The predicted octanol–water partition coefficient (Wildman–Crippen LogP) is 0.928. The smallest absolute Gasteiger partial charge is 0.285 e. The van der Waals surface area contributed by atoms with Gasteiger partial charge in [0.2, 0.25) is 11.8 Å². The van der Waals surface area contributed by atoms with Gasteiger partial charge < -0.3 is 14.7 Å². The number of piperazine rings is 1. The van der Waals surface area contributed by atoms with Crippen molar-refractivity contribution in [2.24, 2.45) is 10.3 Å². The van der Waals surface area contributed by atoms with Crippen LogP contribution in [0.5, 0.6) is 0 Å². The van der Waals surface area contributed by atoms with Crippen molar-refractivity contribution in [3.05, 3.63) is 29.8 Å². The van der Waals surface area contributed by atoms with E-state index in [9.17, 15) is 18.0 Å². The molecule has 1 aromatic carbocycles. The Hall–Kier alpha value is -2.42. The Morgan fingerprint density at radius 1 is 1.00 bits per heavy atom. The zero-order valence-corrected chi connectivity index (χ0v) is 17.4. The number of carbonyl (C=O) groups excluding carboxylic acids is 2. The molecular formula is C20H26N4O4S. The van der Waals surface area contributed by atoms with E-state index in [1.165, 1.54) is 0 Å². The van der Waals surface area contributed by atoms with Crippen LogP contribution < -0.4 is 0 Å². The van der Waals surface area contributed by atoms with Gasteiger partial charge in [-0.05, 0) is 25.0 Å². The molecule has 2 fully saturated rings. The van der Waals surface area contributed by atoms with Gasteiger partial charge in [-0.3, -0.25) is 9.59 Å². The predicted molar refractivity (Wildman–Crippen MR) is 108 cm³/mol. The van der Waals surface area contributed by atoms with Crippen LogP contribution in [-0.2, 0) is 19.6 Å². The highest BCUT2D eigenvalue weighted by atomic mass is 32.2. The summed E-state index contributed by atoms with van der Waals surface area (Å²) in [4.78, 5) is 30.6. The lowest BCUT2D eigenvalue weighted by atomic mass is 9.94. The van der Waals surface area contributed by atoms with Gasteiger partial charge in [0.25, 0.3) is 10.0 Å². The van der Waals surface area contributed by atoms with Crippen LogP contribution in [0.3, 0.4) is 0 Å². The van der Waals surface area contributed by atoms with Gasteiger partial charge in [-0.2, -0.15) is 8.42 Å². The van der Waals surface area contributed by atoms with Gasteiger partial charge in [0.15, 0.2) is 5.84 Å². The number of amides is 2. The van der Waals surface area contributed by atoms with Gasteiger partial charge in [-0.1, -0.05) is 19.1 Å². The third-order valence-corrected chi connectivity index (χ3v) is 7.33. The summed E-state index contributed by atoms with van der Waals surface area (Å²) in [7, 11) is -3.63. The molecule has 2 amide bonds. The zero-order chi connectivity index (χ0) is 20.6. The maximum atomic E-state index is 12.9. The molecule has 0 unspecified atom stereocenters. The fourth-order valence-electron chi connectivity index (χ4n) is 4.31. The zero-order valence-electron chi connectivity index (χ0n) is 16.6. The maximum Gasteiger partial charge on any atom is 0.285 e. The number of fused-ring (bicyclic) bond motifs is 1. The summed E-state index contributed by atoms with van der Waals surface area (Å²) < 4.78 is 28.5. The summed E-state index contributed by atoms with van der Waals surface area (Å²) in [6, 6.07) is 6.88. The second-order valence-electron chi connectivity index (χ2n) is 7.71. The van der Waals surface area contributed by atoms with Gasteiger partial charge in [0.1, 0.15) is 4.90 Å². The van der Waals surface area contributed by atoms with E-state index in [0.717, 1.165) is 0 Å². The lowest BCUT2D eigenvalue weighted by molar-refractivity contribution is -0.142. The van der Waals surface area contributed by atoms with Crippen molar-refractivity contribution >= 4 is 27.7 Å². The second-order valence-corrected chi connectivity index (χ2v) is 9.28. The van der Waals surface area contributed by atoms with Crippen molar-refractivity contribution in [3.8, 4) is 0 Å². The second kappa shape index (κ2) is 7.78. The highest BCUT2D eigenvalue weighted by molar-refractivity contribution is 7.90. The molecule has 29 heavy (non-hydrogen) atoms. The number of benzene rings is 1. The van der Waals surface area contributed by atoms with Gasteiger partial charge in [-0.25, -0.2) is 0 Å². The largest absolute Gasteiger partial charge is 0.355 e. The third kappa shape index (κ3) is 3.75. The van der Waals surface area contributed by atoms with Gasteiger partial charge in [-0.15, -0.1) is 4.40 Å². The Kier molecular flexibility index (Phi) is 5.33. The minimum atomic E-state index is -3.63. The van der Waals surface area contributed by atoms with E-state index < -0.39 is 10.0 Å². The number of rotatable bonds is 2. The molecule has 0 spiro atoms. The van der Waals surface area contributed by atoms with Gasteiger partial charge >= 0.3 is 0 Å². The summed E-state index contributed by atoms with van der Waals surface area (Å²) in [5, 5.41) is 0. The Morgan fingerprint density at radius 2 is 1.62 bits per heavy atom. The standard InChI is InChI=1S/C20H26N4O4S/c1-2-18(25)22-11-13-24(14-12-22)20(26)15-7-9-23(10-8-15)19-16-5-3-4-6-17(16)29(27,28)21-19/h3-6,15H,2,7-14H2,1H3. The van der Waals surface area contributed by atoms with Crippen LogP contribution in [0, 0.1) is 5.92 Å². The van der Waals surface area contributed by atoms with E-state index in [-0.39, 0.29) is 22.6 Å². The van der Waals surface area contributed by atoms with Crippen molar-refractivity contribution in [2.75, 3.05) is 39.3 Å². The topological polar surface area (TPSA) is 90.4 Å². The molecule has 3 aliphatic rings. The summed E-state index contributed by atoms with van der Waals surface area (Å²) in [6.07, 6.45) is 1.84. The van der Waals surface area contributed by atoms with Crippen molar-refractivity contribution in [1.29, 1.82) is 0 Å². The molecule has 3 heterocycles. The molecule has 0 aromatic heterocycles. The molecule has 0 saturated carbocycles. The number of likely N-dealkylation sites (tertiary alicyclic amines) is 1. The van der Waals surface area contributed by atoms with Crippen LogP contribution in [-0.4, -0.2) is 80.0 Å². The Morgan fingerprint density at radius 3 is 2.28 bits per heavy atom. The van der Waals surface area contributed by atoms with Crippen molar-refractivity contribution in [3.63, 3.8) is 0 Å². The number of hydrogen-bond acceptors (Lipinski definition) is 5. The molecule has 1 aromatic rings. The monoisotopic (exact) mass is 418 g/mol. The average Bonchev–Trinajstić information content (AvgIpc) is 3.04. The first-order chi connectivity index (χ1) is 13.9. The molecule has 0 bridgehead atoms. The summed E-state index contributed by atoms with van der Waals surface area (Å²) >= 11 is 0. The summed E-state index contributed by atoms with van der Waals surface area (Å²) in [5.41, 5.74) is 0.647. The number of nitrogens with zero attached hydrogens (tertiary/aromatic N) is 4. The molecule has 4 rings (SSSR count). The van der Waals surface area contributed by atoms with Crippen molar-refractivity contribution < 1.29 is 18.0 Å². The van der Waals surface area contributed by atoms with Crippen LogP contribution >= 0.6 is 0 Å². The van der Waals surface area contributed by atoms with E-state index in [2.05, 4.69) is 4.40 Å². The number of sulfonamides is 1. The highest BCUT2D eigenvalue weighted by Crippen LogP contribution is 2.30. The number of piperidine rings is 1. The van der Waals surface area contributed by atoms with E-state index in [1.807, 2.05) is 27.7 Å². The van der Waals surface area contributed by atoms with E-state index in [0.29, 0.717) is 69.9 Å². The van der Waals surface area contributed by atoms with Gasteiger partial charge in [0.05, 0.1) is 0 Å². The first-order valence-electron chi connectivity index (χ1n) is 10.2. The Labute approximate surface area is 171 Å². The molecule has 156 valence electrons. The lowest BCUT2D eigenvalue weighted by Crippen LogP contribution is -2.53. The normalized spacial score (nSPS) is 21.7. The Bertz CT molecular complexity index is 943. The molecule has 2 saturated heterocycles.